The Balaban J connectivity index is 1.78. The Kier molecular flexibility index (Phi) is 5.43. The molecule has 0 spiro atoms. The van der Waals surface area contributed by atoms with E-state index in [0.717, 1.165) is 29.1 Å². The summed E-state index contributed by atoms with van der Waals surface area (Å²) < 4.78 is 1.02. The molecular formula is C19H19BrN4. The molecule has 0 aliphatic carbocycles. The van der Waals surface area contributed by atoms with E-state index < -0.39 is 0 Å². The predicted octanol–water partition coefficient (Wildman–Crippen LogP) is 5.01. The van der Waals surface area contributed by atoms with Gasteiger partial charge in [-0.1, -0.05) is 52.3 Å². The number of anilines is 3. The van der Waals surface area contributed by atoms with Gasteiger partial charge >= 0.3 is 0 Å². The minimum atomic E-state index is 0.595. The third kappa shape index (κ3) is 4.32. The van der Waals surface area contributed by atoms with Crippen molar-refractivity contribution in [2.24, 2.45) is 0 Å². The lowest BCUT2D eigenvalue weighted by Crippen LogP contribution is -2.23. The van der Waals surface area contributed by atoms with E-state index in [-0.39, 0.29) is 0 Å². The lowest BCUT2D eigenvalue weighted by molar-refractivity contribution is 0.811. The van der Waals surface area contributed by atoms with Crippen LogP contribution in [0.15, 0.2) is 71.3 Å². The fourth-order valence-corrected chi connectivity index (χ4v) is 2.84. The van der Waals surface area contributed by atoms with Gasteiger partial charge < -0.3 is 10.2 Å². The fourth-order valence-electron chi connectivity index (χ4n) is 2.44. The Labute approximate surface area is 150 Å². The second kappa shape index (κ2) is 7.93. The third-order valence-corrected chi connectivity index (χ3v) is 4.14. The Bertz CT molecular complexity index is 792. The summed E-state index contributed by atoms with van der Waals surface area (Å²) in [5.41, 5.74) is 2.21. The van der Waals surface area contributed by atoms with Gasteiger partial charge in [-0.2, -0.15) is 4.98 Å². The van der Waals surface area contributed by atoms with Crippen LogP contribution in [0.3, 0.4) is 0 Å². The van der Waals surface area contributed by atoms with Crippen molar-refractivity contribution in [3.63, 3.8) is 0 Å². The largest absolute Gasteiger partial charge is 0.352 e. The van der Waals surface area contributed by atoms with Crippen LogP contribution in [-0.4, -0.2) is 16.5 Å². The smallest absolute Gasteiger partial charge is 0.229 e. The van der Waals surface area contributed by atoms with Gasteiger partial charge in [-0.15, -0.1) is 0 Å². The van der Waals surface area contributed by atoms with E-state index in [9.17, 15) is 0 Å². The van der Waals surface area contributed by atoms with Crippen molar-refractivity contribution in [3.05, 3.63) is 76.9 Å². The summed E-state index contributed by atoms with van der Waals surface area (Å²) in [6, 6.07) is 20.3. The van der Waals surface area contributed by atoms with Crippen LogP contribution in [0.2, 0.25) is 0 Å². The summed E-state index contributed by atoms with van der Waals surface area (Å²) in [6.45, 7) is 3.83. The monoisotopic (exact) mass is 382 g/mol. The second-order valence-corrected chi connectivity index (χ2v) is 6.29. The molecule has 3 rings (SSSR count). The second-order valence-electron chi connectivity index (χ2n) is 5.37. The van der Waals surface area contributed by atoms with Crippen molar-refractivity contribution in [1.82, 2.24) is 9.97 Å². The lowest BCUT2D eigenvalue weighted by Gasteiger charge is -2.22. The van der Waals surface area contributed by atoms with Gasteiger partial charge in [0, 0.05) is 29.4 Å². The highest BCUT2D eigenvalue weighted by Gasteiger charge is 2.08. The zero-order chi connectivity index (χ0) is 16.8. The number of benzene rings is 2. The molecular weight excluding hydrogens is 364 g/mol. The highest BCUT2D eigenvalue weighted by Crippen LogP contribution is 2.20. The molecule has 0 fully saturated rings. The predicted molar refractivity (Wildman–Crippen MR) is 103 cm³/mol. The van der Waals surface area contributed by atoms with E-state index in [2.05, 4.69) is 67.3 Å². The number of hydrogen-bond acceptors (Lipinski definition) is 4. The number of halogens is 1. The highest BCUT2D eigenvalue weighted by molar-refractivity contribution is 9.10. The normalized spacial score (nSPS) is 10.4. The van der Waals surface area contributed by atoms with Crippen molar-refractivity contribution in [2.45, 2.75) is 13.5 Å². The minimum absolute atomic E-state index is 0.595. The van der Waals surface area contributed by atoms with Gasteiger partial charge in [0.05, 0.1) is 0 Å². The first-order chi connectivity index (χ1) is 11.7. The standard InChI is InChI=1S/C19H19BrN4/c1-2-24(14-15-7-4-3-5-8-15)18-11-12-21-19(23-18)22-17-10-6-9-16(20)13-17/h3-13H,2,14H2,1H3,(H,21,22,23). The van der Waals surface area contributed by atoms with Crippen molar-refractivity contribution in [1.29, 1.82) is 0 Å². The van der Waals surface area contributed by atoms with E-state index >= 15 is 0 Å². The molecule has 122 valence electrons. The van der Waals surface area contributed by atoms with Crippen LogP contribution in [0.25, 0.3) is 0 Å². The summed E-state index contributed by atoms with van der Waals surface area (Å²) in [5, 5.41) is 3.25. The maximum absolute atomic E-state index is 4.65. The van der Waals surface area contributed by atoms with Gasteiger partial charge in [-0.3, -0.25) is 0 Å². The molecule has 1 heterocycles. The van der Waals surface area contributed by atoms with E-state index in [4.69, 9.17) is 0 Å². The fraction of sp³-hybridized carbons (Fsp3) is 0.158. The van der Waals surface area contributed by atoms with Gasteiger partial charge in [0.15, 0.2) is 0 Å². The van der Waals surface area contributed by atoms with Crippen LogP contribution in [0.4, 0.5) is 17.5 Å². The van der Waals surface area contributed by atoms with Crippen molar-refractivity contribution < 1.29 is 0 Å². The van der Waals surface area contributed by atoms with E-state index in [1.807, 2.05) is 36.4 Å². The van der Waals surface area contributed by atoms with Crippen LogP contribution >= 0.6 is 15.9 Å². The quantitative estimate of drug-likeness (QED) is 0.650. The first-order valence-corrected chi connectivity index (χ1v) is 8.68. The molecule has 0 aliphatic heterocycles. The van der Waals surface area contributed by atoms with Crippen LogP contribution < -0.4 is 10.2 Å². The Morgan fingerprint density at radius 1 is 1.04 bits per heavy atom. The molecule has 0 bridgehead atoms. The van der Waals surface area contributed by atoms with E-state index in [0.29, 0.717) is 5.95 Å². The van der Waals surface area contributed by atoms with Crippen LogP contribution in [0.5, 0.6) is 0 Å². The summed E-state index contributed by atoms with van der Waals surface area (Å²) >= 11 is 3.47. The van der Waals surface area contributed by atoms with Crippen LogP contribution in [-0.2, 0) is 6.54 Å². The molecule has 0 amide bonds. The van der Waals surface area contributed by atoms with Crippen molar-refractivity contribution >= 4 is 33.4 Å². The summed E-state index contributed by atoms with van der Waals surface area (Å²) in [5.74, 6) is 1.51. The zero-order valence-electron chi connectivity index (χ0n) is 13.5. The summed E-state index contributed by atoms with van der Waals surface area (Å²) in [4.78, 5) is 11.2. The van der Waals surface area contributed by atoms with Crippen LogP contribution in [0.1, 0.15) is 12.5 Å². The minimum Gasteiger partial charge on any atom is -0.352 e. The maximum Gasteiger partial charge on any atom is 0.229 e. The molecule has 5 heteroatoms. The number of hydrogen-bond donors (Lipinski definition) is 1. The number of rotatable bonds is 6. The molecule has 2 aromatic carbocycles. The molecule has 24 heavy (non-hydrogen) atoms. The molecule has 0 aliphatic rings. The first kappa shape index (κ1) is 16.5. The lowest BCUT2D eigenvalue weighted by atomic mass is 10.2. The van der Waals surface area contributed by atoms with Gasteiger partial charge in [-0.05, 0) is 36.8 Å². The molecule has 1 N–H and O–H groups in total. The zero-order valence-corrected chi connectivity index (χ0v) is 15.1. The van der Waals surface area contributed by atoms with Gasteiger partial charge in [0.2, 0.25) is 5.95 Å². The average Bonchev–Trinajstić information content (AvgIpc) is 2.61. The number of nitrogens with one attached hydrogen (secondary N) is 1. The third-order valence-electron chi connectivity index (χ3n) is 3.64. The van der Waals surface area contributed by atoms with Gasteiger partial charge in [0.25, 0.3) is 0 Å². The average molecular weight is 383 g/mol. The Hall–Kier alpha value is -2.40. The van der Waals surface area contributed by atoms with Gasteiger partial charge in [-0.25, -0.2) is 4.98 Å². The molecule has 3 aromatic rings. The van der Waals surface area contributed by atoms with Crippen molar-refractivity contribution in [2.75, 3.05) is 16.8 Å². The topological polar surface area (TPSA) is 41.1 Å². The molecule has 0 saturated heterocycles. The SMILES string of the molecule is CCN(Cc1ccccc1)c1ccnc(Nc2cccc(Br)c2)n1. The molecule has 0 atom stereocenters. The summed E-state index contributed by atoms with van der Waals surface area (Å²) in [6.07, 6.45) is 1.79. The molecule has 0 radical (unpaired) electrons. The molecule has 0 unspecified atom stereocenters. The maximum atomic E-state index is 4.65. The highest BCUT2D eigenvalue weighted by atomic mass is 79.9. The number of nitrogens with zero attached hydrogens (tertiary/aromatic N) is 3. The number of aromatic nitrogens is 2. The summed E-state index contributed by atoms with van der Waals surface area (Å²) in [7, 11) is 0. The van der Waals surface area contributed by atoms with E-state index in [1.165, 1.54) is 5.56 Å². The Morgan fingerprint density at radius 3 is 2.62 bits per heavy atom. The first-order valence-electron chi connectivity index (χ1n) is 7.89. The Morgan fingerprint density at radius 2 is 1.88 bits per heavy atom. The van der Waals surface area contributed by atoms with E-state index in [1.54, 1.807) is 6.20 Å². The molecule has 1 aromatic heterocycles. The van der Waals surface area contributed by atoms with Crippen molar-refractivity contribution in [3.8, 4) is 0 Å². The van der Waals surface area contributed by atoms with Gasteiger partial charge in [0.1, 0.15) is 5.82 Å². The van der Waals surface area contributed by atoms with Crippen LogP contribution in [0, 0.1) is 0 Å². The molecule has 4 nitrogen and oxygen atoms in total. The molecule has 0 saturated carbocycles.